The van der Waals surface area contributed by atoms with E-state index in [1.807, 2.05) is 19.1 Å². The molecule has 1 aliphatic heterocycles. The van der Waals surface area contributed by atoms with Gasteiger partial charge in [0.1, 0.15) is 0 Å². The second-order valence-electron chi connectivity index (χ2n) is 7.74. The van der Waals surface area contributed by atoms with Crippen molar-refractivity contribution in [2.75, 3.05) is 7.11 Å². The number of hydrogen-bond donors (Lipinski definition) is 2. The van der Waals surface area contributed by atoms with E-state index < -0.39 is 17.5 Å². The number of amides is 1. The molecule has 2 N–H and O–H groups in total. The van der Waals surface area contributed by atoms with Gasteiger partial charge in [0, 0.05) is 18.1 Å². The fourth-order valence-corrected chi connectivity index (χ4v) is 3.42. The monoisotopic (exact) mass is 413 g/mol. The zero-order valence-corrected chi connectivity index (χ0v) is 18.0. The average molecular weight is 414 g/mol. The third-order valence-corrected chi connectivity index (χ3v) is 5.19. The SMILES string of the molecule is COC1=C2C/C(C)=C/CCCCC(O)CC/C=C\C=C(/C)C(=O)NC(=CC1=O)C2=O. The lowest BCUT2D eigenvalue weighted by molar-refractivity contribution is -0.120. The normalized spacial score (nSPS) is 27.4. The highest BCUT2D eigenvalue weighted by Gasteiger charge is 2.30. The van der Waals surface area contributed by atoms with Crippen LogP contribution in [0.1, 0.15) is 58.8 Å². The maximum Gasteiger partial charge on any atom is 0.251 e. The molecule has 2 bridgehead atoms. The molecule has 1 atom stereocenters. The van der Waals surface area contributed by atoms with Crippen molar-refractivity contribution in [3.8, 4) is 0 Å². The molecule has 0 spiro atoms. The van der Waals surface area contributed by atoms with Crippen LogP contribution in [0.15, 0.2) is 58.6 Å². The molecule has 0 aromatic carbocycles. The highest BCUT2D eigenvalue weighted by atomic mass is 16.5. The number of allylic oxidation sites excluding steroid dienone is 7. The summed E-state index contributed by atoms with van der Waals surface area (Å²) in [7, 11) is 1.36. The molecule has 0 fully saturated rings. The summed E-state index contributed by atoms with van der Waals surface area (Å²) in [6, 6.07) is 0. The van der Waals surface area contributed by atoms with Crippen molar-refractivity contribution < 1.29 is 24.2 Å². The van der Waals surface area contributed by atoms with Crippen LogP contribution in [0.5, 0.6) is 0 Å². The van der Waals surface area contributed by atoms with Gasteiger partial charge in [0.15, 0.2) is 5.76 Å². The summed E-state index contributed by atoms with van der Waals surface area (Å²) in [5.41, 5.74) is 1.58. The van der Waals surface area contributed by atoms with Gasteiger partial charge < -0.3 is 15.2 Å². The standard InChI is InChI=1S/C24H31NO5/c1-16-10-6-4-8-12-18(26)13-9-5-7-11-17(2)24(29)25-20-15-21(27)23(30-3)19(14-16)22(20)28/h5,7,10-11,15,18,26H,4,6,8-9,12-14H2,1-3H3,(H,25,29)/b7-5-,16-10+,17-11+. The number of aliphatic hydroxyl groups excluding tert-OH is 1. The minimum atomic E-state index is -0.447. The lowest BCUT2D eigenvalue weighted by Crippen LogP contribution is -2.33. The molecule has 1 amide bonds. The molecular weight excluding hydrogens is 382 g/mol. The van der Waals surface area contributed by atoms with Crippen molar-refractivity contribution in [2.24, 2.45) is 0 Å². The number of ether oxygens (including phenoxy) is 1. The van der Waals surface area contributed by atoms with E-state index >= 15 is 0 Å². The van der Waals surface area contributed by atoms with Gasteiger partial charge in [0.25, 0.3) is 5.91 Å². The van der Waals surface area contributed by atoms with Crippen LogP contribution < -0.4 is 5.32 Å². The summed E-state index contributed by atoms with van der Waals surface area (Å²) in [5.74, 6) is -1.26. The summed E-state index contributed by atoms with van der Waals surface area (Å²) in [4.78, 5) is 37.9. The molecule has 1 heterocycles. The van der Waals surface area contributed by atoms with Crippen LogP contribution in [-0.2, 0) is 19.1 Å². The van der Waals surface area contributed by atoms with E-state index in [1.165, 1.54) is 7.11 Å². The van der Waals surface area contributed by atoms with Crippen LogP contribution in [0.25, 0.3) is 0 Å². The van der Waals surface area contributed by atoms with Crippen molar-refractivity contribution in [1.82, 2.24) is 5.32 Å². The number of carbonyl (C=O) groups excluding carboxylic acids is 3. The van der Waals surface area contributed by atoms with E-state index in [1.54, 1.807) is 19.1 Å². The van der Waals surface area contributed by atoms with E-state index in [-0.39, 0.29) is 29.6 Å². The minimum absolute atomic E-state index is 0.0231. The Morgan fingerprint density at radius 2 is 1.87 bits per heavy atom. The van der Waals surface area contributed by atoms with Gasteiger partial charge in [-0.05, 0) is 46.0 Å². The molecule has 0 radical (unpaired) electrons. The minimum Gasteiger partial charge on any atom is -0.492 e. The van der Waals surface area contributed by atoms with E-state index in [0.29, 0.717) is 12.0 Å². The topological polar surface area (TPSA) is 92.7 Å². The molecule has 2 aliphatic rings. The first-order valence-electron chi connectivity index (χ1n) is 10.4. The van der Waals surface area contributed by atoms with Crippen LogP contribution >= 0.6 is 0 Å². The number of aliphatic hydroxyl groups is 1. The lowest BCUT2D eigenvalue weighted by Gasteiger charge is -2.19. The van der Waals surface area contributed by atoms with Gasteiger partial charge in [-0.25, -0.2) is 0 Å². The fraction of sp³-hybridized carbons (Fsp3) is 0.458. The number of fused-ring (bicyclic) bond motifs is 2. The smallest absolute Gasteiger partial charge is 0.251 e. The number of methoxy groups -OCH3 is 1. The summed E-state index contributed by atoms with van der Waals surface area (Å²) < 4.78 is 5.19. The zero-order chi connectivity index (χ0) is 22.1. The van der Waals surface area contributed by atoms with Crippen LogP contribution in [0, 0.1) is 0 Å². The van der Waals surface area contributed by atoms with E-state index in [2.05, 4.69) is 5.32 Å². The Balaban J connectivity index is 2.30. The molecule has 162 valence electrons. The van der Waals surface area contributed by atoms with Crippen LogP contribution in [0.3, 0.4) is 0 Å². The molecule has 6 heteroatoms. The number of nitrogens with one attached hydrogen (secondary N) is 1. The first-order valence-corrected chi connectivity index (χ1v) is 10.4. The second-order valence-corrected chi connectivity index (χ2v) is 7.74. The maximum absolute atomic E-state index is 13.0. The molecule has 0 aromatic rings. The summed E-state index contributed by atoms with van der Waals surface area (Å²) in [6.45, 7) is 3.54. The third-order valence-electron chi connectivity index (χ3n) is 5.19. The van der Waals surface area contributed by atoms with E-state index in [0.717, 1.165) is 43.8 Å². The summed E-state index contributed by atoms with van der Waals surface area (Å²) >= 11 is 0. The van der Waals surface area contributed by atoms with Gasteiger partial charge >= 0.3 is 0 Å². The Kier molecular flexibility index (Phi) is 8.99. The quantitative estimate of drug-likeness (QED) is 0.506. The molecule has 2 rings (SSSR count). The number of Topliss-reactive ketones (excluding diaryl/α,β-unsaturated/α-hetero) is 1. The zero-order valence-electron chi connectivity index (χ0n) is 18.0. The predicted octanol–water partition coefficient (Wildman–Crippen LogP) is 3.59. The average Bonchev–Trinajstić information content (AvgIpc) is 2.70. The number of carbonyl (C=O) groups is 3. The molecule has 6 nitrogen and oxygen atoms in total. The highest BCUT2D eigenvalue weighted by molar-refractivity contribution is 6.23. The third kappa shape index (κ3) is 6.66. The Morgan fingerprint density at radius 3 is 2.60 bits per heavy atom. The van der Waals surface area contributed by atoms with E-state index in [9.17, 15) is 19.5 Å². The highest BCUT2D eigenvalue weighted by Crippen LogP contribution is 2.25. The van der Waals surface area contributed by atoms with Gasteiger partial charge in [-0.15, -0.1) is 0 Å². The predicted molar refractivity (Wildman–Crippen MR) is 115 cm³/mol. The van der Waals surface area contributed by atoms with Gasteiger partial charge in [0.2, 0.25) is 11.6 Å². The van der Waals surface area contributed by atoms with Crippen molar-refractivity contribution >= 4 is 17.5 Å². The molecule has 1 aliphatic carbocycles. The molecule has 30 heavy (non-hydrogen) atoms. The van der Waals surface area contributed by atoms with Gasteiger partial charge in [0.05, 0.1) is 24.5 Å². The van der Waals surface area contributed by atoms with Gasteiger partial charge in [-0.1, -0.05) is 36.3 Å². The molecule has 1 unspecified atom stereocenters. The largest absolute Gasteiger partial charge is 0.492 e. The van der Waals surface area contributed by atoms with Crippen LogP contribution in [-0.4, -0.2) is 35.8 Å². The number of hydrogen-bond acceptors (Lipinski definition) is 5. The molecule has 0 aromatic heterocycles. The Morgan fingerprint density at radius 1 is 1.10 bits per heavy atom. The van der Waals surface area contributed by atoms with Crippen LogP contribution in [0.2, 0.25) is 0 Å². The Hall–Kier alpha value is -2.73. The van der Waals surface area contributed by atoms with Crippen molar-refractivity contribution in [1.29, 1.82) is 0 Å². The maximum atomic E-state index is 13.0. The van der Waals surface area contributed by atoms with Gasteiger partial charge in [-0.3, -0.25) is 14.4 Å². The molecular formula is C24H31NO5. The molecule has 0 saturated carbocycles. The van der Waals surface area contributed by atoms with Gasteiger partial charge in [-0.2, -0.15) is 0 Å². The number of ketones is 2. The first-order chi connectivity index (χ1) is 14.3. The van der Waals surface area contributed by atoms with E-state index in [4.69, 9.17) is 4.74 Å². The molecule has 0 saturated heterocycles. The fourth-order valence-electron chi connectivity index (χ4n) is 3.42. The van der Waals surface area contributed by atoms with Crippen LogP contribution in [0.4, 0.5) is 0 Å². The van der Waals surface area contributed by atoms with Crippen molar-refractivity contribution in [2.45, 2.75) is 64.9 Å². The second kappa shape index (κ2) is 11.5. The van der Waals surface area contributed by atoms with Crippen molar-refractivity contribution in [3.63, 3.8) is 0 Å². The lowest BCUT2D eigenvalue weighted by atomic mass is 9.92. The summed E-state index contributed by atoms with van der Waals surface area (Å²) in [5, 5.41) is 12.6. The Bertz CT molecular complexity index is 842. The Labute approximate surface area is 178 Å². The van der Waals surface area contributed by atoms with Crippen molar-refractivity contribution in [3.05, 3.63) is 58.6 Å². The number of rotatable bonds is 1. The summed E-state index contributed by atoms with van der Waals surface area (Å²) in [6.07, 6.45) is 13.3. The first kappa shape index (κ1) is 23.5.